The van der Waals surface area contributed by atoms with Gasteiger partial charge in [0, 0.05) is 23.2 Å². The minimum Gasteiger partial charge on any atom is -0.299 e. The molecule has 0 spiro atoms. The van der Waals surface area contributed by atoms with Crippen molar-refractivity contribution in [2.24, 2.45) is 0 Å². The zero-order valence-corrected chi connectivity index (χ0v) is 9.44. The van der Waals surface area contributed by atoms with E-state index in [2.05, 4.69) is 15.9 Å². The molecule has 1 aromatic rings. The van der Waals surface area contributed by atoms with E-state index in [9.17, 15) is 4.79 Å². The Kier molecular flexibility index (Phi) is 4.46. The molecule has 0 unspecified atom stereocenters. The van der Waals surface area contributed by atoms with Gasteiger partial charge in [0.05, 0.1) is 0 Å². The van der Waals surface area contributed by atoms with Crippen molar-refractivity contribution in [3.05, 3.63) is 34.3 Å². The number of hydrogen-bond acceptors (Lipinski definition) is 1. The molecule has 0 radical (unpaired) electrons. The summed E-state index contributed by atoms with van der Waals surface area (Å²) in [6.45, 7) is 0. The molecule has 0 aliphatic carbocycles. The SMILES string of the molecule is O=C(CCCl)Cc1ccc(Br)cc1. The lowest BCUT2D eigenvalue weighted by Gasteiger charge is -1.99. The molecule has 70 valence electrons. The second-order valence-electron chi connectivity index (χ2n) is 2.78. The normalized spacial score (nSPS) is 10.0. The van der Waals surface area contributed by atoms with E-state index in [-0.39, 0.29) is 5.78 Å². The summed E-state index contributed by atoms with van der Waals surface area (Å²) in [6, 6.07) is 7.75. The van der Waals surface area contributed by atoms with Crippen molar-refractivity contribution in [3.8, 4) is 0 Å². The second-order valence-corrected chi connectivity index (χ2v) is 4.07. The highest BCUT2D eigenvalue weighted by atomic mass is 79.9. The number of halogens is 2. The number of carbonyl (C=O) groups is 1. The predicted octanol–water partition coefficient (Wildman–Crippen LogP) is 3.19. The Bertz CT molecular complexity index is 281. The molecule has 0 aromatic heterocycles. The highest BCUT2D eigenvalue weighted by Gasteiger charge is 2.01. The van der Waals surface area contributed by atoms with Gasteiger partial charge in [0.1, 0.15) is 5.78 Å². The highest BCUT2D eigenvalue weighted by molar-refractivity contribution is 9.10. The molecule has 1 aromatic carbocycles. The summed E-state index contributed by atoms with van der Waals surface area (Å²) in [4.78, 5) is 11.2. The topological polar surface area (TPSA) is 17.1 Å². The molecule has 1 rings (SSSR count). The van der Waals surface area contributed by atoms with E-state index >= 15 is 0 Å². The minimum atomic E-state index is 0.192. The van der Waals surface area contributed by atoms with Crippen LogP contribution in [0.3, 0.4) is 0 Å². The zero-order valence-electron chi connectivity index (χ0n) is 7.09. The van der Waals surface area contributed by atoms with Gasteiger partial charge < -0.3 is 0 Å². The lowest BCUT2D eigenvalue weighted by atomic mass is 10.1. The van der Waals surface area contributed by atoms with E-state index in [1.54, 1.807) is 0 Å². The third-order valence-electron chi connectivity index (χ3n) is 1.69. The lowest BCUT2D eigenvalue weighted by Crippen LogP contribution is -2.02. The molecule has 0 atom stereocenters. The van der Waals surface area contributed by atoms with Gasteiger partial charge in [0.15, 0.2) is 0 Å². The van der Waals surface area contributed by atoms with Gasteiger partial charge in [-0.1, -0.05) is 28.1 Å². The Morgan fingerprint density at radius 1 is 1.31 bits per heavy atom. The Labute approximate surface area is 91.2 Å². The lowest BCUT2D eigenvalue weighted by molar-refractivity contribution is -0.118. The number of alkyl halides is 1. The molecule has 0 saturated carbocycles. The molecule has 0 saturated heterocycles. The summed E-state index contributed by atoms with van der Waals surface area (Å²) < 4.78 is 1.03. The van der Waals surface area contributed by atoms with Crippen LogP contribution in [0.2, 0.25) is 0 Å². The van der Waals surface area contributed by atoms with Crippen molar-refractivity contribution in [3.63, 3.8) is 0 Å². The van der Waals surface area contributed by atoms with Crippen molar-refractivity contribution in [2.45, 2.75) is 12.8 Å². The molecular weight excluding hydrogens is 251 g/mol. The maximum Gasteiger partial charge on any atom is 0.138 e. The average Bonchev–Trinajstić information content (AvgIpc) is 2.09. The maximum absolute atomic E-state index is 11.2. The van der Waals surface area contributed by atoms with Gasteiger partial charge in [-0.15, -0.1) is 11.6 Å². The molecule has 0 aliphatic heterocycles. The first-order valence-corrected chi connectivity index (χ1v) is 5.37. The molecule has 1 nitrogen and oxygen atoms in total. The van der Waals surface area contributed by atoms with Crippen molar-refractivity contribution in [2.75, 3.05) is 5.88 Å². The Balaban J connectivity index is 2.54. The van der Waals surface area contributed by atoms with Crippen LogP contribution in [0.1, 0.15) is 12.0 Å². The largest absolute Gasteiger partial charge is 0.299 e. The van der Waals surface area contributed by atoms with Gasteiger partial charge in [0.2, 0.25) is 0 Å². The molecule has 0 heterocycles. The molecule has 3 heteroatoms. The van der Waals surface area contributed by atoms with Crippen molar-refractivity contribution in [1.29, 1.82) is 0 Å². The van der Waals surface area contributed by atoms with Crippen molar-refractivity contribution >= 4 is 33.3 Å². The second kappa shape index (κ2) is 5.40. The van der Waals surface area contributed by atoms with Crippen LogP contribution in [0.5, 0.6) is 0 Å². The third kappa shape index (κ3) is 3.92. The van der Waals surface area contributed by atoms with Crippen LogP contribution >= 0.6 is 27.5 Å². The van der Waals surface area contributed by atoms with E-state index in [1.807, 2.05) is 24.3 Å². The maximum atomic E-state index is 11.2. The van der Waals surface area contributed by atoms with Crippen LogP contribution in [-0.4, -0.2) is 11.7 Å². The fourth-order valence-corrected chi connectivity index (χ4v) is 1.50. The summed E-state index contributed by atoms with van der Waals surface area (Å²) in [7, 11) is 0. The predicted molar refractivity (Wildman–Crippen MR) is 58.2 cm³/mol. The van der Waals surface area contributed by atoms with E-state index in [0.29, 0.717) is 18.7 Å². The van der Waals surface area contributed by atoms with E-state index in [4.69, 9.17) is 11.6 Å². The van der Waals surface area contributed by atoms with Crippen LogP contribution in [-0.2, 0) is 11.2 Å². The molecule has 0 fully saturated rings. The van der Waals surface area contributed by atoms with Crippen LogP contribution in [0, 0.1) is 0 Å². The molecule has 0 aliphatic rings. The van der Waals surface area contributed by atoms with Gasteiger partial charge >= 0.3 is 0 Å². The number of ketones is 1. The van der Waals surface area contributed by atoms with E-state index in [1.165, 1.54) is 0 Å². The Morgan fingerprint density at radius 2 is 1.92 bits per heavy atom. The van der Waals surface area contributed by atoms with Gasteiger partial charge in [-0.3, -0.25) is 4.79 Å². The summed E-state index contributed by atoms with van der Waals surface area (Å²) in [6.07, 6.45) is 0.942. The molecule has 0 amide bonds. The summed E-state index contributed by atoms with van der Waals surface area (Å²) in [5, 5.41) is 0. The number of benzene rings is 1. The first-order chi connectivity index (χ1) is 6.22. The zero-order chi connectivity index (χ0) is 9.68. The van der Waals surface area contributed by atoms with Crippen LogP contribution in [0.4, 0.5) is 0 Å². The third-order valence-corrected chi connectivity index (χ3v) is 2.41. The summed E-state index contributed by atoms with van der Waals surface area (Å²) in [5.74, 6) is 0.604. The average molecular weight is 262 g/mol. The summed E-state index contributed by atoms with van der Waals surface area (Å²) in [5.41, 5.74) is 1.04. The van der Waals surface area contributed by atoms with E-state index < -0.39 is 0 Å². The monoisotopic (exact) mass is 260 g/mol. The fraction of sp³-hybridized carbons (Fsp3) is 0.300. The van der Waals surface area contributed by atoms with Crippen LogP contribution in [0.15, 0.2) is 28.7 Å². The van der Waals surface area contributed by atoms with E-state index in [0.717, 1.165) is 10.0 Å². The first-order valence-electron chi connectivity index (χ1n) is 4.04. The molecule has 0 bridgehead atoms. The van der Waals surface area contributed by atoms with Crippen LogP contribution < -0.4 is 0 Å². The highest BCUT2D eigenvalue weighted by Crippen LogP contribution is 2.11. The van der Waals surface area contributed by atoms with Gasteiger partial charge in [-0.25, -0.2) is 0 Å². The van der Waals surface area contributed by atoms with Gasteiger partial charge in [-0.2, -0.15) is 0 Å². The van der Waals surface area contributed by atoms with Gasteiger partial charge in [0.25, 0.3) is 0 Å². The Morgan fingerprint density at radius 3 is 2.46 bits per heavy atom. The Hall–Kier alpha value is -0.340. The number of rotatable bonds is 4. The number of Topliss-reactive ketones (excluding diaryl/α,β-unsaturated/α-hetero) is 1. The quantitative estimate of drug-likeness (QED) is 0.761. The number of hydrogen-bond donors (Lipinski definition) is 0. The molecule has 13 heavy (non-hydrogen) atoms. The molecule has 0 N–H and O–H groups in total. The first kappa shape index (κ1) is 10.7. The van der Waals surface area contributed by atoms with Gasteiger partial charge in [-0.05, 0) is 17.7 Å². The summed E-state index contributed by atoms with van der Waals surface area (Å²) >= 11 is 8.80. The van der Waals surface area contributed by atoms with Crippen molar-refractivity contribution in [1.82, 2.24) is 0 Å². The minimum absolute atomic E-state index is 0.192. The fourth-order valence-electron chi connectivity index (χ4n) is 1.02. The smallest absolute Gasteiger partial charge is 0.138 e. The number of carbonyl (C=O) groups excluding carboxylic acids is 1. The van der Waals surface area contributed by atoms with Crippen LogP contribution in [0.25, 0.3) is 0 Å². The standard InChI is InChI=1S/C10H10BrClO/c11-9-3-1-8(2-4-9)7-10(13)5-6-12/h1-4H,5-7H2. The van der Waals surface area contributed by atoms with Crippen molar-refractivity contribution < 1.29 is 4.79 Å². The molecular formula is C10H10BrClO.